The molecule has 4 nitrogen and oxygen atoms in total. The third kappa shape index (κ3) is 4.21. The van der Waals surface area contributed by atoms with E-state index in [1.54, 1.807) is 0 Å². The van der Waals surface area contributed by atoms with Gasteiger partial charge in [0.05, 0.1) is 16.7 Å². The Hall–Kier alpha value is -5.48. The number of phenols is 1. The molecule has 0 aliphatic rings. The molecule has 0 amide bonds. The molecule has 214 valence electrons. The minimum Gasteiger partial charge on any atom is -0.506 e. The fourth-order valence-electron chi connectivity index (χ4n) is 7.05. The van der Waals surface area contributed by atoms with Crippen molar-refractivity contribution in [1.82, 2.24) is 14.5 Å². The standard InChI is InChI=1S/C38H29B4N3O/c39-32-33(40)35(42)37(46)36(34(32)41)45-29-15-6-5-14-28(29)44-38(45)31-26-12-3-1-10-24(26)30(25-11-2-4-13-27(25)31)23-9-7-8-22(20-23)21-16-18-43-19-17-21/h1-20,46H,39-42H2. The van der Waals surface area contributed by atoms with Crippen LogP contribution in [0.3, 0.4) is 0 Å². The zero-order valence-corrected chi connectivity index (χ0v) is 26.3. The average molecular weight is 587 g/mol. The van der Waals surface area contributed by atoms with Gasteiger partial charge in [0, 0.05) is 18.0 Å². The number of hydrogen-bond acceptors (Lipinski definition) is 3. The maximum atomic E-state index is 11.8. The molecular formula is C38H29B4N3O. The van der Waals surface area contributed by atoms with E-state index < -0.39 is 0 Å². The topological polar surface area (TPSA) is 50.9 Å². The van der Waals surface area contributed by atoms with E-state index in [1.807, 2.05) is 32.4 Å². The molecule has 46 heavy (non-hydrogen) atoms. The molecule has 0 radical (unpaired) electrons. The van der Waals surface area contributed by atoms with Crippen LogP contribution in [0.1, 0.15) is 0 Å². The Morgan fingerprint density at radius 2 is 1.09 bits per heavy atom. The van der Waals surface area contributed by atoms with Gasteiger partial charge < -0.3 is 5.11 Å². The number of hydrogen-bond donors (Lipinski definition) is 1. The predicted molar refractivity (Wildman–Crippen MR) is 205 cm³/mol. The Labute approximate surface area is 271 Å². The van der Waals surface area contributed by atoms with Crippen molar-refractivity contribution in [3.63, 3.8) is 0 Å². The molecular weight excluding hydrogens is 558 g/mol. The summed E-state index contributed by atoms with van der Waals surface area (Å²) in [4.78, 5) is 9.54. The highest BCUT2D eigenvalue weighted by Crippen LogP contribution is 2.45. The number of benzene rings is 6. The summed E-state index contributed by atoms with van der Waals surface area (Å²) in [5, 5.41) is 16.3. The van der Waals surface area contributed by atoms with Gasteiger partial charge in [-0.3, -0.25) is 9.55 Å². The van der Waals surface area contributed by atoms with Crippen molar-refractivity contribution in [2.45, 2.75) is 0 Å². The maximum Gasteiger partial charge on any atom is 0.147 e. The number of phenolic OH excluding ortho intramolecular Hbond substituents is 1. The van der Waals surface area contributed by atoms with E-state index in [1.165, 1.54) is 11.0 Å². The van der Waals surface area contributed by atoms with E-state index in [2.05, 4.69) is 130 Å². The second-order valence-electron chi connectivity index (χ2n) is 12.1. The first-order valence-electron chi connectivity index (χ1n) is 15.7. The summed E-state index contributed by atoms with van der Waals surface area (Å²) < 4.78 is 2.18. The number of para-hydroxylation sites is 2. The maximum absolute atomic E-state index is 11.8. The second-order valence-corrected chi connectivity index (χ2v) is 12.1. The molecule has 2 aromatic heterocycles. The van der Waals surface area contributed by atoms with Crippen LogP contribution >= 0.6 is 0 Å². The highest BCUT2D eigenvalue weighted by atomic mass is 16.3. The Bertz CT molecular complexity index is 2410. The van der Waals surface area contributed by atoms with Gasteiger partial charge in [-0.15, -0.1) is 0 Å². The summed E-state index contributed by atoms with van der Waals surface area (Å²) in [6.45, 7) is 0. The number of aromatic nitrogens is 3. The average Bonchev–Trinajstić information content (AvgIpc) is 3.48. The van der Waals surface area contributed by atoms with Crippen LogP contribution in [0.4, 0.5) is 0 Å². The number of aromatic hydroxyl groups is 1. The molecule has 8 heteroatoms. The minimum atomic E-state index is 0.295. The quantitative estimate of drug-likeness (QED) is 0.255. The van der Waals surface area contributed by atoms with Crippen LogP contribution in [-0.2, 0) is 0 Å². The van der Waals surface area contributed by atoms with Gasteiger partial charge in [0.15, 0.2) is 0 Å². The van der Waals surface area contributed by atoms with Crippen molar-refractivity contribution >= 4 is 85.8 Å². The number of imidazole rings is 1. The lowest BCUT2D eigenvalue weighted by Gasteiger charge is -2.22. The van der Waals surface area contributed by atoms with Crippen LogP contribution in [0.25, 0.3) is 71.9 Å². The fraction of sp³-hybridized carbons (Fsp3) is 0. The van der Waals surface area contributed by atoms with E-state index in [-0.39, 0.29) is 0 Å². The van der Waals surface area contributed by atoms with E-state index in [0.29, 0.717) is 5.75 Å². The predicted octanol–water partition coefficient (Wildman–Crippen LogP) is 2.47. The van der Waals surface area contributed by atoms with E-state index in [4.69, 9.17) is 4.98 Å². The highest BCUT2D eigenvalue weighted by molar-refractivity contribution is 6.64. The minimum absolute atomic E-state index is 0.295. The van der Waals surface area contributed by atoms with Crippen molar-refractivity contribution in [2.75, 3.05) is 0 Å². The van der Waals surface area contributed by atoms with E-state index in [9.17, 15) is 5.11 Å². The molecule has 0 saturated heterocycles. The summed E-state index contributed by atoms with van der Waals surface area (Å²) in [7, 11) is 8.32. The Balaban J connectivity index is 1.51. The summed E-state index contributed by atoms with van der Waals surface area (Å²) in [5.41, 5.74) is 12.5. The monoisotopic (exact) mass is 587 g/mol. The van der Waals surface area contributed by atoms with Crippen LogP contribution in [-0.4, -0.2) is 51.0 Å². The molecule has 8 aromatic rings. The van der Waals surface area contributed by atoms with Crippen molar-refractivity contribution in [3.05, 3.63) is 122 Å². The van der Waals surface area contributed by atoms with Gasteiger partial charge in [-0.05, 0) is 74.1 Å². The van der Waals surface area contributed by atoms with Gasteiger partial charge in [0.2, 0.25) is 0 Å². The number of fused-ring (bicyclic) bond motifs is 3. The van der Waals surface area contributed by atoms with Gasteiger partial charge in [-0.2, -0.15) is 0 Å². The lowest BCUT2D eigenvalue weighted by Crippen LogP contribution is -2.49. The van der Waals surface area contributed by atoms with Gasteiger partial charge in [0.1, 0.15) is 43.0 Å². The van der Waals surface area contributed by atoms with E-state index >= 15 is 0 Å². The van der Waals surface area contributed by atoms with Gasteiger partial charge in [0.25, 0.3) is 0 Å². The summed E-state index contributed by atoms with van der Waals surface area (Å²) in [6.07, 6.45) is 3.68. The molecule has 0 bridgehead atoms. The van der Waals surface area contributed by atoms with Gasteiger partial charge in [-0.25, -0.2) is 4.98 Å². The van der Waals surface area contributed by atoms with Crippen LogP contribution < -0.4 is 21.9 Å². The third-order valence-corrected chi connectivity index (χ3v) is 9.73. The van der Waals surface area contributed by atoms with Crippen LogP contribution in [0.15, 0.2) is 122 Å². The van der Waals surface area contributed by atoms with Crippen LogP contribution in [0, 0.1) is 0 Å². The normalized spacial score (nSPS) is 11.5. The molecule has 0 aliphatic carbocycles. The van der Waals surface area contributed by atoms with Crippen LogP contribution in [0.2, 0.25) is 0 Å². The molecule has 2 heterocycles. The SMILES string of the molecule is Bc1c(B)c(B)c(-n2c(-c3c4ccccc4c(-c4cccc(-c5ccncc5)c4)c4ccccc34)nc3ccccc32)c(O)c1B. The lowest BCUT2D eigenvalue weighted by atomic mass is 9.66. The summed E-state index contributed by atoms with van der Waals surface area (Å²) in [5.74, 6) is 1.11. The zero-order valence-electron chi connectivity index (χ0n) is 26.3. The first-order valence-corrected chi connectivity index (χ1v) is 15.7. The molecule has 0 fully saturated rings. The first kappa shape index (κ1) is 28.0. The Morgan fingerprint density at radius 3 is 1.76 bits per heavy atom. The van der Waals surface area contributed by atoms with Crippen molar-refractivity contribution in [1.29, 1.82) is 0 Å². The Morgan fingerprint density at radius 1 is 0.522 bits per heavy atom. The van der Waals surface area contributed by atoms with E-state index in [0.717, 1.165) is 82.7 Å². The molecule has 8 rings (SSSR count). The molecule has 0 unspecified atom stereocenters. The molecule has 6 aromatic carbocycles. The molecule has 0 spiro atoms. The van der Waals surface area contributed by atoms with Gasteiger partial charge in [-0.1, -0.05) is 101 Å². The Kier molecular flexibility index (Phi) is 6.61. The number of nitrogens with zero attached hydrogens (tertiary/aromatic N) is 3. The van der Waals surface area contributed by atoms with Crippen molar-refractivity contribution in [2.24, 2.45) is 0 Å². The molecule has 0 aliphatic heterocycles. The number of pyridine rings is 1. The molecule has 1 N–H and O–H groups in total. The first-order chi connectivity index (χ1) is 22.4. The number of rotatable bonds is 4. The third-order valence-electron chi connectivity index (χ3n) is 9.73. The van der Waals surface area contributed by atoms with Crippen LogP contribution in [0.5, 0.6) is 5.75 Å². The smallest absolute Gasteiger partial charge is 0.147 e. The highest BCUT2D eigenvalue weighted by Gasteiger charge is 2.25. The van der Waals surface area contributed by atoms with Crippen molar-refractivity contribution < 1.29 is 5.11 Å². The second kappa shape index (κ2) is 10.8. The largest absolute Gasteiger partial charge is 0.506 e. The zero-order chi connectivity index (χ0) is 31.5. The fourth-order valence-corrected chi connectivity index (χ4v) is 7.05. The summed E-state index contributed by atoms with van der Waals surface area (Å²) in [6, 6.07) is 38.4. The lowest BCUT2D eigenvalue weighted by molar-refractivity contribution is 0.478. The molecule has 0 atom stereocenters. The van der Waals surface area contributed by atoms with Gasteiger partial charge >= 0.3 is 0 Å². The molecule has 0 saturated carbocycles. The van der Waals surface area contributed by atoms with Crippen molar-refractivity contribution in [3.8, 4) is 45.1 Å². The summed E-state index contributed by atoms with van der Waals surface area (Å²) >= 11 is 0.